The fourth-order valence-electron chi connectivity index (χ4n) is 2.21. The van der Waals surface area contributed by atoms with E-state index >= 15 is 0 Å². The van der Waals surface area contributed by atoms with Crippen molar-refractivity contribution in [3.8, 4) is 0 Å². The van der Waals surface area contributed by atoms with Crippen LogP contribution in [0.25, 0.3) is 0 Å². The summed E-state index contributed by atoms with van der Waals surface area (Å²) in [4.78, 5) is 23.5. The quantitative estimate of drug-likeness (QED) is 0.867. The lowest BCUT2D eigenvalue weighted by Crippen LogP contribution is -2.49. The third-order valence-corrected chi connectivity index (χ3v) is 3.32. The molecule has 0 heterocycles. The average Bonchev–Trinajstić information content (AvgIpc) is 2.35. The first-order valence-electron chi connectivity index (χ1n) is 6.96. The maximum Gasteiger partial charge on any atom is 0.243 e. The summed E-state index contributed by atoms with van der Waals surface area (Å²) in [5, 5.41) is 5.67. The van der Waals surface area contributed by atoms with Gasteiger partial charge in [-0.05, 0) is 30.9 Å². The fourth-order valence-corrected chi connectivity index (χ4v) is 2.21. The molecule has 20 heavy (non-hydrogen) atoms. The highest BCUT2D eigenvalue weighted by Crippen LogP contribution is 2.17. The van der Waals surface area contributed by atoms with E-state index in [9.17, 15) is 9.59 Å². The maximum absolute atomic E-state index is 12.3. The molecule has 2 N–H and O–H groups in total. The molecule has 110 valence electrons. The minimum atomic E-state index is -0.501. The topological polar surface area (TPSA) is 58.2 Å². The number of amides is 2. The maximum atomic E-state index is 12.3. The molecule has 0 aliphatic rings. The van der Waals surface area contributed by atoms with Crippen molar-refractivity contribution in [1.82, 2.24) is 10.6 Å². The molecule has 2 unspecified atom stereocenters. The van der Waals surface area contributed by atoms with Gasteiger partial charge in [0, 0.05) is 6.92 Å². The van der Waals surface area contributed by atoms with E-state index in [-0.39, 0.29) is 23.8 Å². The van der Waals surface area contributed by atoms with E-state index < -0.39 is 6.04 Å². The van der Waals surface area contributed by atoms with Crippen molar-refractivity contribution in [1.29, 1.82) is 0 Å². The zero-order valence-electron chi connectivity index (χ0n) is 12.9. The summed E-state index contributed by atoms with van der Waals surface area (Å²) in [6.45, 7) is 9.22. The van der Waals surface area contributed by atoms with E-state index in [1.54, 1.807) is 0 Å². The Morgan fingerprint density at radius 3 is 2.15 bits per heavy atom. The molecule has 0 aromatic heterocycles. The molecular weight excluding hydrogens is 252 g/mol. The normalized spacial score (nSPS) is 13.7. The van der Waals surface area contributed by atoms with E-state index in [0.29, 0.717) is 0 Å². The summed E-state index contributed by atoms with van der Waals surface area (Å²) in [7, 11) is 0. The van der Waals surface area contributed by atoms with Gasteiger partial charge in [0.15, 0.2) is 0 Å². The molecule has 0 radical (unpaired) electrons. The zero-order chi connectivity index (χ0) is 15.3. The Morgan fingerprint density at radius 1 is 1.05 bits per heavy atom. The fraction of sp³-hybridized carbons (Fsp3) is 0.500. The molecular formula is C16H24N2O2. The van der Waals surface area contributed by atoms with Gasteiger partial charge < -0.3 is 10.6 Å². The lowest BCUT2D eigenvalue weighted by Gasteiger charge is -2.24. The van der Waals surface area contributed by atoms with E-state index in [0.717, 1.165) is 11.1 Å². The smallest absolute Gasteiger partial charge is 0.243 e. The molecule has 1 aromatic carbocycles. The van der Waals surface area contributed by atoms with Crippen LogP contribution in [0.2, 0.25) is 0 Å². The summed E-state index contributed by atoms with van der Waals surface area (Å²) in [5.74, 6) is -0.295. The molecule has 0 saturated heterocycles. The van der Waals surface area contributed by atoms with Gasteiger partial charge in [-0.1, -0.05) is 38.1 Å². The first kappa shape index (κ1) is 16.2. The van der Waals surface area contributed by atoms with Gasteiger partial charge in [0.25, 0.3) is 0 Å². The third-order valence-electron chi connectivity index (χ3n) is 3.32. The largest absolute Gasteiger partial charge is 0.348 e. The van der Waals surface area contributed by atoms with Gasteiger partial charge in [0.1, 0.15) is 6.04 Å². The van der Waals surface area contributed by atoms with Gasteiger partial charge in [-0.25, -0.2) is 0 Å². The van der Waals surface area contributed by atoms with Crippen molar-refractivity contribution >= 4 is 11.8 Å². The Morgan fingerprint density at radius 2 is 1.65 bits per heavy atom. The molecule has 1 aromatic rings. The zero-order valence-corrected chi connectivity index (χ0v) is 12.9. The summed E-state index contributed by atoms with van der Waals surface area (Å²) in [6, 6.07) is 7.37. The monoisotopic (exact) mass is 276 g/mol. The standard InChI is InChI=1S/C16H24N2O2/c1-10(2)15(18-13(5)19)16(20)17-12(4)14-9-7-6-8-11(14)3/h6-10,12,15H,1-5H3,(H,17,20)(H,18,19). The van der Waals surface area contributed by atoms with Crippen LogP contribution < -0.4 is 10.6 Å². The van der Waals surface area contributed by atoms with Crippen molar-refractivity contribution in [2.45, 2.75) is 46.7 Å². The minimum absolute atomic E-state index is 0.0444. The summed E-state index contributed by atoms with van der Waals surface area (Å²) >= 11 is 0. The van der Waals surface area contributed by atoms with Crippen LogP contribution in [0.3, 0.4) is 0 Å². The lowest BCUT2D eigenvalue weighted by molar-refractivity contribution is -0.129. The van der Waals surface area contributed by atoms with Crippen LogP contribution in [0.15, 0.2) is 24.3 Å². The van der Waals surface area contributed by atoms with Gasteiger partial charge in [0.05, 0.1) is 6.04 Å². The Balaban J connectivity index is 2.78. The van der Waals surface area contributed by atoms with Crippen molar-refractivity contribution in [3.05, 3.63) is 35.4 Å². The predicted molar refractivity (Wildman–Crippen MR) is 80.2 cm³/mol. The number of hydrogen-bond acceptors (Lipinski definition) is 2. The third kappa shape index (κ3) is 4.37. The molecule has 1 rings (SSSR count). The first-order valence-corrected chi connectivity index (χ1v) is 6.96. The molecule has 0 bridgehead atoms. The molecule has 0 saturated carbocycles. The number of hydrogen-bond donors (Lipinski definition) is 2. The molecule has 0 spiro atoms. The predicted octanol–water partition coefficient (Wildman–Crippen LogP) is 2.33. The Bertz CT molecular complexity index is 483. The highest BCUT2D eigenvalue weighted by atomic mass is 16.2. The number of nitrogens with one attached hydrogen (secondary N) is 2. The molecule has 2 atom stereocenters. The van der Waals surface area contributed by atoms with Crippen LogP contribution in [0.5, 0.6) is 0 Å². The van der Waals surface area contributed by atoms with E-state index in [4.69, 9.17) is 0 Å². The van der Waals surface area contributed by atoms with Crippen LogP contribution in [0.4, 0.5) is 0 Å². The van der Waals surface area contributed by atoms with E-state index in [1.807, 2.05) is 52.0 Å². The number of carbonyl (C=O) groups is 2. The van der Waals surface area contributed by atoms with Crippen molar-refractivity contribution in [3.63, 3.8) is 0 Å². The molecule has 4 heteroatoms. The van der Waals surface area contributed by atoms with Gasteiger partial charge in [0.2, 0.25) is 11.8 Å². The first-order chi connectivity index (χ1) is 9.32. The van der Waals surface area contributed by atoms with Gasteiger partial charge in [-0.3, -0.25) is 9.59 Å². The second kappa shape index (κ2) is 7.08. The number of aryl methyl sites for hydroxylation is 1. The van der Waals surface area contributed by atoms with E-state index in [1.165, 1.54) is 6.92 Å². The van der Waals surface area contributed by atoms with E-state index in [2.05, 4.69) is 10.6 Å². The van der Waals surface area contributed by atoms with Gasteiger partial charge in [-0.15, -0.1) is 0 Å². The number of carbonyl (C=O) groups excluding carboxylic acids is 2. The Hall–Kier alpha value is -1.84. The SMILES string of the molecule is CC(=O)NC(C(=O)NC(C)c1ccccc1C)C(C)C. The number of rotatable bonds is 5. The number of benzene rings is 1. The Kier molecular flexibility index (Phi) is 5.74. The van der Waals surface area contributed by atoms with Crippen LogP contribution in [-0.4, -0.2) is 17.9 Å². The van der Waals surface area contributed by atoms with Crippen LogP contribution in [-0.2, 0) is 9.59 Å². The Labute approximate surface area is 121 Å². The van der Waals surface area contributed by atoms with Crippen LogP contribution >= 0.6 is 0 Å². The van der Waals surface area contributed by atoms with Gasteiger partial charge in [-0.2, -0.15) is 0 Å². The van der Waals surface area contributed by atoms with Crippen molar-refractivity contribution < 1.29 is 9.59 Å². The highest BCUT2D eigenvalue weighted by molar-refractivity contribution is 5.87. The molecule has 0 fully saturated rings. The second-order valence-corrected chi connectivity index (χ2v) is 5.51. The average molecular weight is 276 g/mol. The highest BCUT2D eigenvalue weighted by Gasteiger charge is 2.24. The van der Waals surface area contributed by atoms with Crippen molar-refractivity contribution in [2.75, 3.05) is 0 Å². The van der Waals surface area contributed by atoms with Crippen LogP contribution in [0, 0.1) is 12.8 Å². The van der Waals surface area contributed by atoms with Crippen molar-refractivity contribution in [2.24, 2.45) is 5.92 Å². The molecule has 2 amide bonds. The summed E-state index contributed by atoms with van der Waals surface area (Å²) in [5.41, 5.74) is 2.23. The van der Waals surface area contributed by atoms with Crippen LogP contribution in [0.1, 0.15) is 44.9 Å². The second-order valence-electron chi connectivity index (χ2n) is 5.51. The summed E-state index contributed by atoms with van der Waals surface area (Å²) < 4.78 is 0. The van der Waals surface area contributed by atoms with Gasteiger partial charge >= 0.3 is 0 Å². The lowest BCUT2D eigenvalue weighted by atomic mass is 10.00. The molecule has 4 nitrogen and oxygen atoms in total. The molecule has 0 aliphatic carbocycles. The summed E-state index contributed by atoms with van der Waals surface area (Å²) in [6.07, 6.45) is 0. The molecule has 0 aliphatic heterocycles. The minimum Gasteiger partial charge on any atom is -0.348 e.